The fraction of sp³-hybridized carbons (Fsp3) is 0. The van der Waals surface area contributed by atoms with Crippen molar-refractivity contribution < 1.29 is 9.90 Å². The summed E-state index contributed by atoms with van der Waals surface area (Å²) in [7, 11) is 0. The molecular formula is CH2K2O2S. The predicted octanol–water partition coefficient (Wildman–Crippen LogP) is -0.167. The zero-order valence-electron chi connectivity index (χ0n) is 3.80. The third-order valence-electron chi connectivity index (χ3n) is 0. The Morgan fingerprint density at radius 2 is 1.50 bits per heavy atom. The van der Waals surface area contributed by atoms with Crippen LogP contribution in [0.1, 0.15) is 0 Å². The number of hydrogen-bond acceptors (Lipinski definition) is 1. The minimum absolute atomic E-state index is 0. The van der Waals surface area contributed by atoms with Crippen LogP contribution in [0.15, 0.2) is 0 Å². The molecule has 0 heterocycles. The van der Waals surface area contributed by atoms with Crippen molar-refractivity contribution in [3.05, 3.63) is 0 Å². The molecular weight excluding hydrogens is 154 g/mol. The van der Waals surface area contributed by atoms with Gasteiger partial charge in [-0.25, -0.2) is 4.79 Å². The second kappa shape index (κ2) is 11.0. The molecule has 0 saturated heterocycles. The van der Waals surface area contributed by atoms with Gasteiger partial charge >= 0.3 is 5.30 Å². The first-order valence-electron chi connectivity index (χ1n) is 0.651. The van der Waals surface area contributed by atoms with Crippen LogP contribution < -0.4 is 0 Å². The van der Waals surface area contributed by atoms with Gasteiger partial charge in [0.15, 0.2) is 0 Å². The van der Waals surface area contributed by atoms with Gasteiger partial charge in [-0.15, -0.1) is 0 Å². The van der Waals surface area contributed by atoms with Crippen molar-refractivity contribution in [2.45, 2.75) is 0 Å². The molecule has 0 aliphatic heterocycles. The van der Waals surface area contributed by atoms with Gasteiger partial charge in [0.25, 0.3) is 0 Å². The van der Waals surface area contributed by atoms with Crippen molar-refractivity contribution in [1.82, 2.24) is 0 Å². The molecule has 0 aliphatic rings. The van der Waals surface area contributed by atoms with E-state index in [1.165, 1.54) is 0 Å². The van der Waals surface area contributed by atoms with Gasteiger partial charge in [0.2, 0.25) is 0 Å². The van der Waals surface area contributed by atoms with Crippen molar-refractivity contribution in [2.75, 3.05) is 0 Å². The molecule has 0 aliphatic carbocycles. The zero-order chi connectivity index (χ0) is 3.58. The van der Waals surface area contributed by atoms with Crippen molar-refractivity contribution >= 4 is 121 Å². The van der Waals surface area contributed by atoms with Crippen LogP contribution in [-0.4, -0.2) is 113 Å². The Labute approximate surface area is 127 Å². The van der Waals surface area contributed by atoms with Gasteiger partial charge in [-0.3, -0.25) is 0 Å². The fourth-order valence-corrected chi connectivity index (χ4v) is 0. The van der Waals surface area contributed by atoms with Gasteiger partial charge in [-0.2, -0.15) is 0 Å². The molecule has 0 bridgehead atoms. The van der Waals surface area contributed by atoms with Crippen LogP contribution in [0.3, 0.4) is 0 Å². The van der Waals surface area contributed by atoms with Crippen LogP contribution in [0.4, 0.5) is 4.79 Å². The fourth-order valence-electron chi connectivity index (χ4n) is 0. The summed E-state index contributed by atoms with van der Waals surface area (Å²) in [6.07, 6.45) is 0. The summed E-state index contributed by atoms with van der Waals surface area (Å²) in [5.41, 5.74) is 0. The van der Waals surface area contributed by atoms with Crippen molar-refractivity contribution in [3.63, 3.8) is 0 Å². The molecule has 2 nitrogen and oxygen atoms in total. The molecule has 0 spiro atoms. The molecule has 6 heavy (non-hydrogen) atoms. The average Bonchev–Trinajstić information content (AvgIpc) is 0.811. The number of rotatable bonds is 0. The molecule has 0 rings (SSSR count). The maximum atomic E-state index is 8.86. The Kier molecular flexibility index (Phi) is 29.3. The first kappa shape index (κ1) is 16.0. The van der Waals surface area contributed by atoms with E-state index >= 15 is 0 Å². The summed E-state index contributed by atoms with van der Waals surface area (Å²) in [5, 5.41) is 6.14. The second-order valence-electron chi connectivity index (χ2n) is 0.283. The van der Waals surface area contributed by atoms with Crippen LogP contribution >= 0.6 is 12.6 Å². The maximum absolute atomic E-state index is 8.86. The van der Waals surface area contributed by atoms with E-state index in [9.17, 15) is 0 Å². The first-order chi connectivity index (χ1) is 1.73. The monoisotopic (exact) mass is 156 g/mol. The quantitative estimate of drug-likeness (QED) is 0.377. The summed E-state index contributed by atoms with van der Waals surface area (Å²) in [6, 6.07) is 0. The molecule has 5 heteroatoms. The second-order valence-corrected chi connectivity index (χ2v) is 0.665. The molecule has 0 aromatic heterocycles. The molecule has 0 fully saturated rings. The van der Waals surface area contributed by atoms with Crippen LogP contribution in [-0.2, 0) is 0 Å². The minimum Gasteiger partial charge on any atom is -0.473 e. The van der Waals surface area contributed by atoms with E-state index in [4.69, 9.17) is 9.90 Å². The molecule has 0 atom stereocenters. The standard InChI is InChI=1S/CH2O2S.2K/c2-1(3)4;;/h4H,(H,2,3);;. The number of hydrogen-bond donors (Lipinski definition) is 2. The van der Waals surface area contributed by atoms with Gasteiger partial charge in [-0.1, -0.05) is 12.6 Å². The summed E-state index contributed by atoms with van der Waals surface area (Å²) in [4.78, 5) is 8.86. The maximum Gasteiger partial charge on any atom is 0.361 e. The Bertz CT molecular complexity index is 34.5. The van der Waals surface area contributed by atoms with Crippen molar-refractivity contribution in [1.29, 1.82) is 0 Å². The predicted molar refractivity (Wildman–Crippen MR) is 28.5 cm³/mol. The number of carboxylic acid groups (broad SMARTS) is 1. The minimum atomic E-state index is -1.14. The van der Waals surface area contributed by atoms with E-state index in [0.29, 0.717) is 0 Å². The molecule has 0 saturated carbocycles. The van der Waals surface area contributed by atoms with E-state index in [1.54, 1.807) is 0 Å². The molecule has 26 valence electrons. The van der Waals surface area contributed by atoms with E-state index in [0.717, 1.165) is 0 Å². The summed E-state index contributed by atoms with van der Waals surface area (Å²) in [6.45, 7) is 0. The molecule has 1 N–H and O–H groups in total. The van der Waals surface area contributed by atoms with Gasteiger partial charge in [0, 0.05) is 103 Å². The Balaban J connectivity index is -0.0000000450. The van der Waals surface area contributed by atoms with E-state index in [1.807, 2.05) is 0 Å². The number of carbonyl (C=O) groups is 1. The average molecular weight is 156 g/mol. The SMILES string of the molecule is O=C(O)S.[K].[K]. The van der Waals surface area contributed by atoms with Crippen LogP contribution in [0.2, 0.25) is 0 Å². The molecule has 0 amide bonds. The van der Waals surface area contributed by atoms with Crippen LogP contribution in [0.25, 0.3) is 0 Å². The summed E-state index contributed by atoms with van der Waals surface area (Å²) >= 11 is 2.88. The molecule has 0 aromatic carbocycles. The largest absolute Gasteiger partial charge is 0.473 e. The van der Waals surface area contributed by atoms with Crippen molar-refractivity contribution in [3.8, 4) is 0 Å². The van der Waals surface area contributed by atoms with Gasteiger partial charge < -0.3 is 5.11 Å². The summed E-state index contributed by atoms with van der Waals surface area (Å²) in [5.74, 6) is 0. The van der Waals surface area contributed by atoms with E-state index in [2.05, 4.69) is 12.6 Å². The number of thiol groups is 1. The van der Waals surface area contributed by atoms with Crippen LogP contribution in [0, 0.1) is 0 Å². The van der Waals surface area contributed by atoms with Gasteiger partial charge in [0.1, 0.15) is 0 Å². The first-order valence-corrected chi connectivity index (χ1v) is 1.10. The third-order valence-corrected chi connectivity index (χ3v) is 0. The normalized spacial score (nSPS) is 4.17. The Morgan fingerprint density at radius 3 is 1.50 bits per heavy atom. The summed E-state index contributed by atoms with van der Waals surface area (Å²) < 4.78 is 0. The van der Waals surface area contributed by atoms with Gasteiger partial charge in [-0.05, 0) is 0 Å². The van der Waals surface area contributed by atoms with Gasteiger partial charge in [0.05, 0.1) is 0 Å². The van der Waals surface area contributed by atoms with E-state index in [-0.39, 0.29) is 103 Å². The Hall–Kier alpha value is 3.09. The molecule has 0 aromatic rings. The van der Waals surface area contributed by atoms with E-state index < -0.39 is 5.30 Å². The third kappa shape index (κ3) is 27.5. The smallest absolute Gasteiger partial charge is 0.361 e. The Morgan fingerprint density at radius 1 is 1.50 bits per heavy atom. The zero-order valence-corrected chi connectivity index (χ0v) is 10.9. The topological polar surface area (TPSA) is 37.3 Å². The molecule has 2 radical (unpaired) electrons. The van der Waals surface area contributed by atoms with Crippen molar-refractivity contribution in [2.24, 2.45) is 0 Å². The van der Waals surface area contributed by atoms with Crippen LogP contribution in [0.5, 0.6) is 0 Å². The molecule has 0 unspecified atom stereocenters.